The number of pyridine rings is 1. The maximum Gasteiger partial charge on any atom is 0.148 e. The first-order valence-electron chi connectivity index (χ1n) is 18.0. The van der Waals surface area contributed by atoms with Crippen molar-refractivity contribution in [1.29, 1.82) is 0 Å². The summed E-state index contributed by atoms with van der Waals surface area (Å²) in [6.07, 6.45) is 5.83. The van der Waals surface area contributed by atoms with Gasteiger partial charge in [-0.3, -0.25) is 4.57 Å². The number of aromatic hydroxyl groups is 1. The Bertz CT molecular complexity index is 2240. The van der Waals surface area contributed by atoms with Crippen LogP contribution in [0.5, 0.6) is 5.75 Å². The van der Waals surface area contributed by atoms with Crippen LogP contribution in [0.3, 0.4) is 0 Å². The molecule has 0 amide bonds. The van der Waals surface area contributed by atoms with Crippen LogP contribution in [0.1, 0.15) is 87.1 Å². The summed E-state index contributed by atoms with van der Waals surface area (Å²) < 4.78 is 2.13. The molecule has 2 aromatic heterocycles. The van der Waals surface area contributed by atoms with Gasteiger partial charge in [0, 0.05) is 38.7 Å². The van der Waals surface area contributed by atoms with Crippen LogP contribution in [-0.2, 0) is 20.1 Å². The van der Waals surface area contributed by atoms with Crippen molar-refractivity contribution in [2.75, 3.05) is 0 Å². The molecule has 0 aliphatic rings. The van der Waals surface area contributed by atoms with Crippen molar-refractivity contribution in [3.8, 4) is 45.2 Å². The number of aromatic nitrogens is 3. The number of hydrogen-bond donors (Lipinski definition) is 1. The Morgan fingerprint density at radius 1 is 0.635 bits per heavy atom. The number of aryl methyl sites for hydroxylation is 2. The van der Waals surface area contributed by atoms with E-state index in [2.05, 4.69) is 150 Å². The van der Waals surface area contributed by atoms with E-state index >= 15 is 0 Å². The van der Waals surface area contributed by atoms with E-state index in [9.17, 15) is 5.11 Å². The Hall–Kier alpha value is -4.83. The minimum atomic E-state index is 0. The first-order chi connectivity index (χ1) is 24.5. The molecule has 52 heavy (non-hydrogen) atoms. The van der Waals surface area contributed by atoms with Crippen molar-refractivity contribution in [3.63, 3.8) is 0 Å². The number of hydrogen-bond acceptors (Lipinski definition) is 3. The molecule has 0 saturated heterocycles. The average Bonchev–Trinajstić information content (AvgIpc) is 3.60. The van der Waals surface area contributed by atoms with Crippen LogP contribution in [0.2, 0.25) is 0 Å². The van der Waals surface area contributed by atoms with Crippen molar-refractivity contribution in [1.82, 2.24) is 14.5 Å². The quantitative estimate of drug-likeness (QED) is 0.162. The van der Waals surface area contributed by atoms with E-state index in [1.807, 2.05) is 30.6 Å². The standard InChI is InChI=1S/C27H28N2O.C20H20N.Ir/c1-18(2)23-16-21(20-10-6-5-7-11-20)17-24(19(3)4)26(23)29-15-14-28-27(29)22-12-8-9-13-25(22)30;1-13(2)19-12-21-20(18-8-6-5-7-17(18)19)16-10-14(3)9-15(4)11-16;/h5-19,30H,1-4H3;5-10,12-13H,1-4H3;/q;-1;. The first-order valence-corrected chi connectivity index (χ1v) is 18.0. The zero-order chi connectivity index (χ0) is 36.2. The molecule has 0 aliphatic heterocycles. The van der Waals surface area contributed by atoms with E-state index in [-0.39, 0.29) is 25.9 Å². The van der Waals surface area contributed by atoms with Crippen molar-refractivity contribution >= 4 is 10.8 Å². The Kier molecular flexibility index (Phi) is 12.3. The molecule has 7 rings (SSSR count). The van der Waals surface area contributed by atoms with Gasteiger partial charge in [-0.1, -0.05) is 122 Å². The molecular weight excluding hydrogens is 815 g/mol. The summed E-state index contributed by atoms with van der Waals surface area (Å²) in [7, 11) is 0. The van der Waals surface area contributed by atoms with Gasteiger partial charge in [-0.25, -0.2) is 4.98 Å². The minimum Gasteiger partial charge on any atom is -0.507 e. The van der Waals surface area contributed by atoms with Crippen LogP contribution in [0.4, 0.5) is 0 Å². The second-order valence-electron chi connectivity index (χ2n) is 14.3. The zero-order valence-corrected chi connectivity index (χ0v) is 33.8. The van der Waals surface area contributed by atoms with E-state index in [4.69, 9.17) is 4.98 Å². The minimum absolute atomic E-state index is 0. The van der Waals surface area contributed by atoms with Crippen molar-refractivity contribution < 1.29 is 25.2 Å². The number of imidazole rings is 1. The Morgan fingerprint density at radius 3 is 1.85 bits per heavy atom. The third kappa shape index (κ3) is 8.12. The van der Waals surface area contributed by atoms with Crippen molar-refractivity contribution in [2.24, 2.45) is 0 Å². The first kappa shape index (κ1) is 38.4. The van der Waals surface area contributed by atoms with Gasteiger partial charge in [0.2, 0.25) is 0 Å². The summed E-state index contributed by atoms with van der Waals surface area (Å²) in [5, 5.41) is 13.0. The summed E-state index contributed by atoms with van der Waals surface area (Å²) in [4.78, 5) is 9.36. The zero-order valence-electron chi connectivity index (χ0n) is 31.4. The molecule has 0 fully saturated rings. The SMILES string of the molecule is CC(C)c1cc(-c2ccccc2)cc(C(C)C)c1-n1ccnc1-c1ccccc1O.Cc1[c-]c(-c2ncc(C(C)C)c3ccccc23)cc(C)c1.[Ir]. The molecule has 0 unspecified atom stereocenters. The van der Waals surface area contributed by atoms with E-state index < -0.39 is 0 Å². The molecule has 267 valence electrons. The van der Waals surface area contributed by atoms with Crippen LogP contribution >= 0.6 is 0 Å². The molecule has 0 saturated carbocycles. The van der Waals surface area contributed by atoms with Gasteiger partial charge in [0.15, 0.2) is 0 Å². The van der Waals surface area contributed by atoms with E-state index in [1.165, 1.54) is 44.2 Å². The molecule has 5 heteroatoms. The van der Waals surface area contributed by atoms with Crippen LogP contribution in [0.15, 0.2) is 122 Å². The van der Waals surface area contributed by atoms with E-state index in [0.29, 0.717) is 17.8 Å². The monoisotopic (exact) mass is 863 g/mol. The maximum absolute atomic E-state index is 10.5. The maximum atomic E-state index is 10.5. The van der Waals surface area contributed by atoms with Crippen molar-refractivity contribution in [2.45, 2.75) is 73.1 Å². The van der Waals surface area contributed by atoms with Gasteiger partial charge in [-0.2, -0.15) is 0 Å². The fourth-order valence-electron chi connectivity index (χ4n) is 6.89. The molecule has 0 spiro atoms. The third-order valence-electron chi connectivity index (χ3n) is 9.40. The van der Waals surface area contributed by atoms with Crippen LogP contribution < -0.4 is 0 Å². The molecule has 2 heterocycles. The van der Waals surface area contributed by atoms with Gasteiger partial charge in [-0.05, 0) is 86.3 Å². The topological polar surface area (TPSA) is 50.9 Å². The smallest absolute Gasteiger partial charge is 0.148 e. The average molecular weight is 863 g/mol. The number of phenols is 1. The van der Waals surface area contributed by atoms with Crippen LogP contribution in [0, 0.1) is 19.9 Å². The molecule has 0 aliphatic carbocycles. The van der Waals surface area contributed by atoms with E-state index in [1.54, 1.807) is 12.3 Å². The Labute approximate surface area is 323 Å². The molecule has 1 radical (unpaired) electrons. The largest absolute Gasteiger partial charge is 0.507 e. The van der Waals surface area contributed by atoms with Gasteiger partial charge in [0.1, 0.15) is 11.6 Å². The second kappa shape index (κ2) is 16.7. The Balaban J connectivity index is 0.000000209. The third-order valence-corrected chi connectivity index (χ3v) is 9.40. The number of nitrogens with zero attached hydrogens (tertiary/aromatic N) is 3. The number of benzene rings is 5. The summed E-state index contributed by atoms with van der Waals surface area (Å²) in [6.45, 7) is 17.6. The van der Waals surface area contributed by atoms with Gasteiger partial charge in [-0.15, -0.1) is 34.9 Å². The fourth-order valence-corrected chi connectivity index (χ4v) is 6.89. The van der Waals surface area contributed by atoms with Crippen LogP contribution in [0.25, 0.3) is 50.2 Å². The fraction of sp³-hybridized carbons (Fsp3) is 0.234. The van der Waals surface area contributed by atoms with E-state index in [0.717, 1.165) is 33.9 Å². The molecule has 0 atom stereocenters. The molecular formula is C47H48IrN3O-. The van der Waals surface area contributed by atoms with Gasteiger partial charge >= 0.3 is 0 Å². The molecule has 7 aromatic rings. The number of rotatable bonds is 7. The predicted octanol–water partition coefficient (Wildman–Crippen LogP) is 12.6. The molecule has 0 bridgehead atoms. The van der Waals surface area contributed by atoms with Crippen molar-refractivity contribution in [3.05, 3.63) is 156 Å². The molecule has 4 nitrogen and oxygen atoms in total. The second-order valence-corrected chi connectivity index (χ2v) is 14.3. The summed E-state index contributed by atoms with van der Waals surface area (Å²) in [5.41, 5.74) is 12.7. The summed E-state index contributed by atoms with van der Waals surface area (Å²) in [6, 6.07) is 38.8. The molecule has 5 aromatic carbocycles. The summed E-state index contributed by atoms with van der Waals surface area (Å²) in [5.74, 6) is 2.13. The van der Waals surface area contributed by atoms with Gasteiger partial charge in [0.25, 0.3) is 0 Å². The number of fused-ring (bicyclic) bond motifs is 1. The predicted molar refractivity (Wildman–Crippen MR) is 214 cm³/mol. The number of para-hydroxylation sites is 1. The Morgan fingerprint density at radius 2 is 1.23 bits per heavy atom. The van der Waals surface area contributed by atoms with Crippen LogP contribution in [-0.4, -0.2) is 19.6 Å². The number of phenolic OH excluding ortho intramolecular Hbond substituents is 1. The van der Waals surface area contributed by atoms with Gasteiger partial charge < -0.3 is 10.1 Å². The molecule has 1 N–H and O–H groups in total. The summed E-state index contributed by atoms with van der Waals surface area (Å²) >= 11 is 0. The van der Waals surface area contributed by atoms with Gasteiger partial charge in [0.05, 0.1) is 11.3 Å². The normalized spacial score (nSPS) is 11.1.